The van der Waals surface area contributed by atoms with E-state index in [0.29, 0.717) is 25.7 Å². The lowest BCUT2D eigenvalue weighted by atomic mass is 9.44. The quantitative estimate of drug-likeness (QED) is 0.667. The second-order valence-corrected chi connectivity index (χ2v) is 10.1. The molecule has 0 aromatic rings. The average Bonchev–Trinajstić information content (AvgIpc) is 2.84. The second kappa shape index (κ2) is 5.96. The van der Waals surface area contributed by atoms with E-state index in [1.165, 1.54) is 0 Å². The lowest BCUT2D eigenvalue weighted by Crippen LogP contribution is -2.69. The van der Waals surface area contributed by atoms with Crippen LogP contribution in [0.5, 0.6) is 0 Å². The van der Waals surface area contributed by atoms with Crippen molar-refractivity contribution >= 4 is 11.6 Å². The van der Waals surface area contributed by atoms with E-state index in [4.69, 9.17) is 0 Å². The molecule has 0 radical (unpaired) electrons. The van der Waals surface area contributed by atoms with Gasteiger partial charge in [0.15, 0.2) is 11.6 Å². The van der Waals surface area contributed by atoms with Gasteiger partial charge >= 0.3 is 0 Å². The summed E-state index contributed by atoms with van der Waals surface area (Å²) in [5.41, 5.74) is -4.77. The van der Waals surface area contributed by atoms with E-state index in [9.17, 15) is 24.9 Å². The van der Waals surface area contributed by atoms with Gasteiger partial charge < -0.3 is 15.3 Å². The van der Waals surface area contributed by atoms with E-state index >= 15 is 4.39 Å². The van der Waals surface area contributed by atoms with Crippen LogP contribution in [0.3, 0.4) is 0 Å². The Morgan fingerprint density at radius 2 is 1.96 bits per heavy atom. The second-order valence-electron chi connectivity index (χ2n) is 10.1. The van der Waals surface area contributed by atoms with Crippen molar-refractivity contribution in [3.05, 3.63) is 11.6 Å². The van der Waals surface area contributed by atoms with Crippen LogP contribution in [0, 0.1) is 28.6 Å². The molecule has 0 unspecified atom stereocenters. The topological polar surface area (TPSA) is 94.8 Å². The number of rotatable bonds is 2. The van der Waals surface area contributed by atoms with Gasteiger partial charge in [-0.05, 0) is 50.0 Å². The summed E-state index contributed by atoms with van der Waals surface area (Å²) < 4.78 is 16.9. The molecule has 6 heteroatoms. The van der Waals surface area contributed by atoms with Crippen LogP contribution in [0.4, 0.5) is 4.39 Å². The van der Waals surface area contributed by atoms with Gasteiger partial charge in [0.25, 0.3) is 0 Å². The number of halogens is 1. The Morgan fingerprint density at radius 3 is 2.61 bits per heavy atom. The number of fused-ring (bicyclic) bond motifs is 5. The molecule has 0 heterocycles. The fourth-order valence-electron chi connectivity index (χ4n) is 7.62. The molecule has 28 heavy (non-hydrogen) atoms. The van der Waals surface area contributed by atoms with Crippen molar-refractivity contribution in [2.75, 3.05) is 6.61 Å². The highest BCUT2D eigenvalue weighted by Gasteiger charge is 2.75. The maximum Gasteiger partial charge on any atom is 0.190 e. The van der Waals surface area contributed by atoms with Crippen molar-refractivity contribution in [3.63, 3.8) is 0 Å². The molecule has 4 aliphatic rings. The highest BCUT2D eigenvalue weighted by Crippen LogP contribution is 2.71. The molecule has 8 atom stereocenters. The van der Waals surface area contributed by atoms with Crippen molar-refractivity contribution in [1.82, 2.24) is 0 Å². The van der Waals surface area contributed by atoms with Crippen molar-refractivity contribution in [2.24, 2.45) is 28.6 Å². The summed E-state index contributed by atoms with van der Waals surface area (Å²) in [7, 11) is 0. The molecule has 4 aliphatic carbocycles. The molecule has 0 bridgehead atoms. The van der Waals surface area contributed by atoms with E-state index in [1.807, 2.05) is 6.92 Å². The fraction of sp³-hybridized carbons (Fsp3) is 0.818. The fourth-order valence-corrected chi connectivity index (χ4v) is 7.62. The zero-order valence-corrected chi connectivity index (χ0v) is 16.9. The van der Waals surface area contributed by atoms with Crippen LogP contribution in [-0.2, 0) is 9.59 Å². The van der Waals surface area contributed by atoms with Crippen LogP contribution in [0.15, 0.2) is 11.6 Å². The number of allylic oxidation sites excluding steroid dienone is 1. The summed E-state index contributed by atoms with van der Waals surface area (Å²) >= 11 is 0. The van der Waals surface area contributed by atoms with E-state index in [2.05, 4.69) is 0 Å². The molecule has 3 N–H and O–H groups in total. The smallest absolute Gasteiger partial charge is 0.190 e. The van der Waals surface area contributed by atoms with Crippen LogP contribution in [0.2, 0.25) is 0 Å². The van der Waals surface area contributed by atoms with Gasteiger partial charge in [0.05, 0.1) is 6.10 Å². The third kappa shape index (κ3) is 2.07. The summed E-state index contributed by atoms with van der Waals surface area (Å²) in [5.74, 6) is -1.82. The Kier molecular flexibility index (Phi) is 4.29. The maximum atomic E-state index is 16.9. The number of hydrogen-bond donors (Lipinski definition) is 3. The standard InChI is InChI=1S/C22H31FO5/c1-12-8-16-15-5-4-13-9-14(25)6-7-19(13,2)21(15,23)17(26)10-20(16,3)22(12,28)18(27)11-24/h9,12,15-17,24,26,28H,4-8,10-11H2,1-3H3/t12-,15-,16-,17-,19-,20-,21-,22-/m0/s1. The van der Waals surface area contributed by atoms with Gasteiger partial charge in [-0.3, -0.25) is 9.59 Å². The molecule has 3 fully saturated rings. The normalized spacial score (nSPS) is 53.1. The van der Waals surface area contributed by atoms with Crippen LogP contribution in [-0.4, -0.2) is 50.9 Å². The van der Waals surface area contributed by atoms with Gasteiger partial charge in [-0.2, -0.15) is 0 Å². The molecule has 4 rings (SSSR count). The van der Waals surface area contributed by atoms with E-state index in [-0.39, 0.29) is 24.5 Å². The number of aliphatic hydroxyl groups is 3. The molecule has 0 aliphatic heterocycles. The summed E-state index contributed by atoms with van der Waals surface area (Å²) in [6.45, 7) is 4.61. The Hall–Kier alpha value is -1.11. The molecule has 0 amide bonds. The molecule has 3 saturated carbocycles. The molecular formula is C22H31FO5. The van der Waals surface area contributed by atoms with E-state index < -0.39 is 52.4 Å². The van der Waals surface area contributed by atoms with Gasteiger partial charge in [0.2, 0.25) is 0 Å². The first-order valence-corrected chi connectivity index (χ1v) is 10.4. The molecule has 156 valence electrons. The van der Waals surface area contributed by atoms with Gasteiger partial charge in [-0.1, -0.05) is 26.3 Å². The minimum Gasteiger partial charge on any atom is -0.390 e. The van der Waals surface area contributed by atoms with E-state index in [1.54, 1.807) is 19.9 Å². The summed E-state index contributed by atoms with van der Waals surface area (Å²) in [6, 6.07) is 0. The van der Waals surface area contributed by atoms with Crippen molar-refractivity contribution < 1.29 is 29.3 Å². The van der Waals surface area contributed by atoms with Crippen LogP contribution in [0.25, 0.3) is 0 Å². The van der Waals surface area contributed by atoms with Crippen LogP contribution < -0.4 is 0 Å². The minimum atomic E-state index is -1.89. The minimum absolute atomic E-state index is 0.0158. The number of carbonyl (C=O) groups excluding carboxylic acids is 2. The lowest BCUT2D eigenvalue weighted by molar-refractivity contribution is -0.228. The number of hydrogen-bond acceptors (Lipinski definition) is 5. The van der Waals surface area contributed by atoms with Crippen LogP contribution in [0.1, 0.15) is 59.3 Å². The maximum absolute atomic E-state index is 16.9. The largest absolute Gasteiger partial charge is 0.390 e. The average molecular weight is 394 g/mol. The van der Waals surface area contributed by atoms with Crippen molar-refractivity contribution in [3.8, 4) is 0 Å². The highest BCUT2D eigenvalue weighted by atomic mass is 19.1. The van der Waals surface area contributed by atoms with Gasteiger partial charge in [-0.15, -0.1) is 0 Å². The Labute approximate surface area is 165 Å². The van der Waals surface area contributed by atoms with Gasteiger partial charge in [-0.25, -0.2) is 4.39 Å². The number of Topliss-reactive ketones (excluding diaryl/α,β-unsaturated/α-hetero) is 1. The first kappa shape index (κ1) is 20.2. The zero-order chi connectivity index (χ0) is 20.7. The van der Waals surface area contributed by atoms with Crippen molar-refractivity contribution in [2.45, 2.75) is 76.7 Å². The predicted molar refractivity (Wildman–Crippen MR) is 100 cm³/mol. The Balaban J connectivity index is 1.83. The number of ketones is 2. The zero-order valence-electron chi connectivity index (χ0n) is 16.9. The molecule has 5 nitrogen and oxygen atoms in total. The van der Waals surface area contributed by atoms with Gasteiger partial charge in [0, 0.05) is 23.2 Å². The Morgan fingerprint density at radius 1 is 1.29 bits per heavy atom. The number of alkyl halides is 1. The molecular weight excluding hydrogens is 363 g/mol. The SMILES string of the molecule is C[C@H]1C[C@H]2[C@@H]3CCC4=CC(=O)CC[C@]4(C)[C@@]3(F)[C@@H](O)C[C@]2(C)[C@@]1(O)C(=O)CO. The van der Waals surface area contributed by atoms with E-state index in [0.717, 1.165) is 5.57 Å². The first-order chi connectivity index (χ1) is 13.0. The third-order valence-corrected chi connectivity index (χ3v) is 9.19. The molecule has 0 aromatic carbocycles. The van der Waals surface area contributed by atoms with Crippen molar-refractivity contribution in [1.29, 1.82) is 0 Å². The highest BCUT2D eigenvalue weighted by molar-refractivity contribution is 5.92. The first-order valence-electron chi connectivity index (χ1n) is 10.4. The lowest BCUT2D eigenvalue weighted by Gasteiger charge is -2.63. The molecule has 0 saturated heterocycles. The molecule has 0 aromatic heterocycles. The monoisotopic (exact) mass is 394 g/mol. The number of carbonyl (C=O) groups is 2. The summed E-state index contributed by atoms with van der Waals surface area (Å²) in [4.78, 5) is 24.5. The summed E-state index contributed by atoms with van der Waals surface area (Å²) in [5, 5.41) is 32.0. The molecule has 0 spiro atoms. The third-order valence-electron chi connectivity index (χ3n) is 9.19. The summed E-state index contributed by atoms with van der Waals surface area (Å²) in [6.07, 6.45) is 2.41. The predicted octanol–water partition coefficient (Wildman–Crippen LogP) is 2.12. The number of aliphatic hydroxyl groups excluding tert-OH is 2. The Bertz CT molecular complexity index is 764. The van der Waals surface area contributed by atoms with Crippen LogP contribution >= 0.6 is 0 Å². The van der Waals surface area contributed by atoms with Gasteiger partial charge in [0.1, 0.15) is 17.9 Å².